The highest BCUT2D eigenvalue weighted by Crippen LogP contribution is 2.09. The van der Waals surface area contributed by atoms with Crippen LogP contribution < -0.4 is 10.9 Å². The number of benzene rings is 1. The van der Waals surface area contributed by atoms with Crippen LogP contribution in [0.1, 0.15) is 16.8 Å². The Bertz CT molecular complexity index is 682. The van der Waals surface area contributed by atoms with E-state index >= 15 is 0 Å². The molecule has 1 aromatic carbocycles. The summed E-state index contributed by atoms with van der Waals surface area (Å²) < 4.78 is 0. The van der Waals surface area contributed by atoms with Gasteiger partial charge in [-0.05, 0) is 19.4 Å². The monoisotopic (exact) mass is 304 g/mol. The standard InChI is InChI=1S/C14H16N4O2S/c1-9-3-5-11(6-4-9)7-15-12(19)8-21-14-16-13(20)10(2)17-18-14/h3-6H,7-8H2,1-2H3,(H,15,19)(H,16,18,20). The first-order valence-corrected chi connectivity index (χ1v) is 7.42. The van der Waals surface area contributed by atoms with Crippen molar-refractivity contribution in [2.75, 3.05) is 5.75 Å². The van der Waals surface area contributed by atoms with Gasteiger partial charge in [-0.1, -0.05) is 41.6 Å². The molecule has 0 aliphatic rings. The van der Waals surface area contributed by atoms with Crippen molar-refractivity contribution in [1.82, 2.24) is 20.5 Å². The van der Waals surface area contributed by atoms with E-state index in [1.54, 1.807) is 6.92 Å². The maximum atomic E-state index is 11.7. The second kappa shape index (κ2) is 7.03. The van der Waals surface area contributed by atoms with Crippen LogP contribution in [0.5, 0.6) is 0 Å². The van der Waals surface area contributed by atoms with Gasteiger partial charge < -0.3 is 5.32 Å². The molecule has 0 saturated carbocycles. The molecule has 0 fully saturated rings. The van der Waals surface area contributed by atoms with Crippen molar-refractivity contribution >= 4 is 17.7 Å². The number of aromatic amines is 1. The van der Waals surface area contributed by atoms with E-state index < -0.39 is 0 Å². The largest absolute Gasteiger partial charge is 0.351 e. The lowest BCUT2D eigenvalue weighted by Gasteiger charge is -2.05. The van der Waals surface area contributed by atoms with Crippen molar-refractivity contribution < 1.29 is 4.79 Å². The van der Waals surface area contributed by atoms with Gasteiger partial charge in [-0.3, -0.25) is 14.6 Å². The maximum Gasteiger partial charge on any atom is 0.273 e. The topological polar surface area (TPSA) is 87.7 Å². The molecule has 0 atom stereocenters. The first-order chi connectivity index (χ1) is 10.0. The first kappa shape index (κ1) is 15.2. The smallest absolute Gasteiger partial charge is 0.273 e. The van der Waals surface area contributed by atoms with Gasteiger partial charge >= 0.3 is 0 Å². The molecule has 110 valence electrons. The number of nitrogens with one attached hydrogen (secondary N) is 2. The average Bonchev–Trinajstić information content (AvgIpc) is 2.48. The van der Waals surface area contributed by atoms with Crippen molar-refractivity contribution in [3.63, 3.8) is 0 Å². The van der Waals surface area contributed by atoms with Gasteiger partial charge in [0.1, 0.15) is 5.69 Å². The van der Waals surface area contributed by atoms with Gasteiger partial charge in [-0.15, -0.1) is 10.2 Å². The summed E-state index contributed by atoms with van der Waals surface area (Å²) in [5, 5.41) is 10.7. The number of hydrogen-bond donors (Lipinski definition) is 2. The predicted octanol–water partition coefficient (Wildman–Crippen LogP) is 1.19. The molecule has 21 heavy (non-hydrogen) atoms. The number of carbonyl (C=O) groups excluding carboxylic acids is 1. The fourth-order valence-corrected chi connectivity index (χ4v) is 2.17. The Morgan fingerprint density at radius 2 is 1.95 bits per heavy atom. The number of aryl methyl sites for hydroxylation is 2. The summed E-state index contributed by atoms with van der Waals surface area (Å²) >= 11 is 1.15. The minimum absolute atomic E-state index is 0.121. The fourth-order valence-electron chi connectivity index (χ4n) is 1.53. The number of aromatic nitrogens is 3. The van der Waals surface area contributed by atoms with E-state index in [1.165, 1.54) is 5.56 Å². The summed E-state index contributed by atoms with van der Waals surface area (Å²) in [5.41, 5.74) is 2.25. The van der Waals surface area contributed by atoms with E-state index in [2.05, 4.69) is 20.5 Å². The van der Waals surface area contributed by atoms with Crippen molar-refractivity contribution in [3.8, 4) is 0 Å². The maximum absolute atomic E-state index is 11.7. The molecule has 0 bridgehead atoms. The molecule has 2 rings (SSSR count). The average molecular weight is 304 g/mol. The fraction of sp³-hybridized carbons (Fsp3) is 0.286. The third-order valence-corrected chi connectivity index (χ3v) is 3.65. The van der Waals surface area contributed by atoms with Crippen molar-refractivity contribution in [2.24, 2.45) is 0 Å². The van der Waals surface area contributed by atoms with Gasteiger partial charge in [-0.25, -0.2) is 0 Å². The molecular formula is C14H16N4O2S. The van der Waals surface area contributed by atoms with E-state index in [1.807, 2.05) is 31.2 Å². The van der Waals surface area contributed by atoms with Gasteiger partial charge in [0, 0.05) is 6.54 Å². The van der Waals surface area contributed by atoms with Crippen LogP contribution in [-0.4, -0.2) is 26.8 Å². The Kier molecular flexibility index (Phi) is 5.10. The second-order valence-electron chi connectivity index (χ2n) is 4.60. The number of hydrogen-bond acceptors (Lipinski definition) is 5. The summed E-state index contributed by atoms with van der Waals surface area (Å²) in [6.07, 6.45) is 0. The van der Waals surface area contributed by atoms with Crippen LogP contribution in [0.4, 0.5) is 0 Å². The third kappa shape index (κ3) is 4.71. The normalized spacial score (nSPS) is 10.4. The van der Waals surface area contributed by atoms with Crippen LogP contribution in [0.2, 0.25) is 0 Å². The summed E-state index contributed by atoms with van der Waals surface area (Å²) in [5.74, 6) is 0.0586. The number of amides is 1. The van der Waals surface area contributed by atoms with Crippen molar-refractivity contribution in [2.45, 2.75) is 25.5 Å². The Labute approximate surface area is 126 Å². The van der Waals surface area contributed by atoms with Crippen molar-refractivity contribution in [3.05, 3.63) is 51.4 Å². The number of rotatable bonds is 5. The summed E-state index contributed by atoms with van der Waals surface area (Å²) in [7, 11) is 0. The minimum Gasteiger partial charge on any atom is -0.351 e. The van der Waals surface area contributed by atoms with E-state index in [0.29, 0.717) is 17.4 Å². The molecule has 1 amide bonds. The molecule has 0 spiro atoms. The van der Waals surface area contributed by atoms with E-state index in [4.69, 9.17) is 0 Å². The lowest BCUT2D eigenvalue weighted by molar-refractivity contribution is -0.118. The van der Waals surface area contributed by atoms with Gasteiger partial charge in [-0.2, -0.15) is 0 Å². The zero-order valence-corrected chi connectivity index (χ0v) is 12.7. The predicted molar refractivity (Wildman–Crippen MR) is 81.1 cm³/mol. The van der Waals surface area contributed by atoms with Crippen LogP contribution in [0.15, 0.2) is 34.2 Å². The molecule has 6 nitrogen and oxygen atoms in total. The Hall–Kier alpha value is -2.15. The molecule has 0 radical (unpaired) electrons. The number of H-pyrrole nitrogens is 1. The number of thioether (sulfide) groups is 1. The molecule has 7 heteroatoms. The zero-order chi connectivity index (χ0) is 15.2. The minimum atomic E-state index is -0.285. The summed E-state index contributed by atoms with van der Waals surface area (Å²) in [6.45, 7) is 4.08. The van der Waals surface area contributed by atoms with Crippen LogP contribution in [0.3, 0.4) is 0 Å². The molecule has 0 aliphatic carbocycles. The molecule has 1 aromatic heterocycles. The molecular weight excluding hydrogens is 288 g/mol. The molecule has 2 aromatic rings. The Morgan fingerprint density at radius 1 is 1.24 bits per heavy atom. The lowest BCUT2D eigenvalue weighted by atomic mass is 10.1. The van der Waals surface area contributed by atoms with E-state index in [9.17, 15) is 9.59 Å². The van der Waals surface area contributed by atoms with E-state index in [0.717, 1.165) is 17.3 Å². The van der Waals surface area contributed by atoms with Gasteiger partial charge in [0.15, 0.2) is 5.16 Å². The van der Waals surface area contributed by atoms with Gasteiger partial charge in [0.25, 0.3) is 5.56 Å². The first-order valence-electron chi connectivity index (χ1n) is 6.43. The van der Waals surface area contributed by atoms with Crippen LogP contribution in [0.25, 0.3) is 0 Å². The highest BCUT2D eigenvalue weighted by Gasteiger charge is 2.06. The third-order valence-electron chi connectivity index (χ3n) is 2.79. The van der Waals surface area contributed by atoms with Crippen LogP contribution >= 0.6 is 11.8 Å². The summed E-state index contributed by atoms with van der Waals surface area (Å²) in [6, 6.07) is 7.96. The van der Waals surface area contributed by atoms with E-state index in [-0.39, 0.29) is 17.2 Å². The van der Waals surface area contributed by atoms with Crippen molar-refractivity contribution in [1.29, 1.82) is 0 Å². The second-order valence-corrected chi connectivity index (χ2v) is 5.56. The number of nitrogens with zero attached hydrogens (tertiary/aromatic N) is 2. The van der Waals surface area contributed by atoms with Crippen LogP contribution in [0, 0.1) is 13.8 Å². The lowest BCUT2D eigenvalue weighted by Crippen LogP contribution is -2.25. The highest BCUT2D eigenvalue weighted by molar-refractivity contribution is 7.99. The number of carbonyl (C=O) groups is 1. The molecule has 1 heterocycles. The van der Waals surface area contributed by atoms with Crippen LogP contribution in [-0.2, 0) is 11.3 Å². The SMILES string of the molecule is Cc1ccc(CNC(=O)CSc2nnc(C)c(=O)[nH]2)cc1. The Balaban J connectivity index is 1.80. The zero-order valence-electron chi connectivity index (χ0n) is 11.8. The molecule has 0 aliphatic heterocycles. The quantitative estimate of drug-likeness (QED) is 0.810. The Morgan fingerprint density at radius 3 is 2.62 bits per heavy atom. The summed E-state index contributed by atoms with van der Waals surface area (Å²) in [4.78, 5) is 25.7. The van der Waals surface area contributed by atoms with Gasteiger partial charge in [0.05, 0.1) is 5.75 Å². The van der Waals surface area contributed by atoms with Gasteiger partial charge in [0.2, 0.25) is 5.91 Å². The molecule has 0 unspecified atom stereocenters. The molecule has 2 N–H and O–H groups in total. The highest BCUT2D eigenvalue weighted by atomic mass is 32.2. The molecule has 0 saturated heterocycles.